The third kappa shape index (κ3) is 4.72. The Morgan fingerprint density at radius 3 is 2.44 bits per heavy atom. The van der Waals surface area contributed by atoms with Crippen molar-refractivity contribution in [3.8, 4) is 17.6 Å². The number of amides is 1. The van der Waals surface area contributed by atoms with Crippen LogP contribution in [0.15, 0.2) is 18.2 Å². The summed E-state index contributed by atoms with van der Waals surface area (Å²) in [5, 5.41) is 9.29. The Kier molecular flexibility index (Phi) is 6.81. The Balaban J connectivity index is 1.98. The molecule has 1 aliphatic heterocycles. The smallest absolute Gasteiger partial charge is 0.247 e. The SMILES string of the molecule is COc1ccc(CCC(=O)[C@@H](C#N)C(=O)N2CCCCC2)cc1OC. The number of benzene rings is 1. The minimum Gasteiger partial charge on any atom is -0.493 e. The van der Waals surface area contributed by atoms with E-state index in [-0.39, 0.29) is 18.1 Å². The van der Waals surface area contributed by atoms with Crippen molar-refractivity contribution in [2.24, 2.45) is 5.92 Å². The first-order valence-electron chi connectivity index (χ1n) is 8.52. The van der Waals surface area contributed by atoms with E-state index in [9.17, 15) is 14.9 Å². The zero-order chi connectivity index (χ0) is 18.2. The van der Waals surface area contributed by atoms with Gasteiger partial charge in [0.1, 0.15) is 0 Å². The minimum atomic E-state index is -1.20. The highest BCUT2D eigenvalue weighted by molar-refractivity contribution is 6.04. The van der Waals surface area contributed by atoms with Gasteiger partial charge >= 0.3 is 0 Å². The van der Waals surface area contributed by atoms with E-state index < -0.39 is 5.92 Å². The van der Waals surface area contributed by atoms with E-state index in [1.807, 2.05) is 12.1 Å². The lowest BCUT2D eigenvalue weighted by Crippen LogP contribution is -2.41. The van der Waals surface area contributed by atoms with Crippen molar-refractivity contribution in [1.82, 2.24) is 4.90 Å². The third-order valence-corrected chi connectivity index (χ3v) is 4.47. The van der Waals surface area contributed by atoms with Crippen molar-refractivity contribution in [3.63, 3.8) is 0 Å². The second-order valence-corrected chi connectivity index (χ2v) is 6.10. The number of hydrogen-bond acceptors (Lipinski definition) is 5. The third-order valence-electron chi connectivity index (χ3n) is 4.47. The number of nitriles is 1. The van der Waals surface area contributed by atoms with Crippen LogP contribution < -0.4 is 9.47 Å². The van der Waals surface area contributed by atoms with Crippen LogP contribution in [0.3, 0.4) is 0 Å². The molecule has 0 bridgehead atoms. The molecule has 1 fully saturated rings. The molecule has 134 valence electrons. The Hall–Kier alpha value is -2.55. The fraction of sp³-hybridized carbons (Fsp3) is 0.526. The Morgan fingerprint density at radius 1 is 1.16 bits per heavy atom. The molecular formula is C19H24N2O4. The van der Waals surface area contributed by atoms with Crippen LogP contribution in [0.2, 0.25) is 0 Å². The van der Waals surface area contributed by atoms with Crippen molar-refractivity contribution < 1.29 is 19.1 Å². The van der Waals surface area contributed by atoms with Gasteiger partial charge in [-0.05, 0) is 43.4 Å². The molecule has 6 nitrogen and oxygen atoms in total. The Morgan fingerprint density at radius 2 is 1.84 bits per heavy atom. The summed E-state index contributed by atoms with van der Waals surface area (Å²) in [7, 11) is 3.11. The maximum Gasteiger partial charge on any atom is 0.247 e. The molecule has 1 heterocycles. The lowest BCUT2D eigenvalue weighted by molar-refractivity contribution is -0.139. The number of aryl methyl sites for hydroxylation is 1. The number of piperidine rings is 1. The number of Topliss-reactive ketones (excluding diaryl/α,β-unsaturated/α-hetero) is 1. The fourth-order valence-corrected chi connectivity index (χ4v) is 3.01. The first-order valence-corrected chi connectivity index (χ1v) is 8.52. The zero-order valence-corrected chi connectivity index (χ0v) is 14.8. The van der Waals surface area contributed by atoms with Crippen LogP contribution in [-0.4, -0.2) is 43.9 Å². The molecular weight excluding hydrogens is 320 g/mol. The topological polar surface area (TPSA) is 79.6 Å². The number of rotatable bonds is 7. The maximum atomic E-state index is 12.4. The summed E-state index contributed by atoms with van der Waals surface area (Å²) in [5.74, 6) is -0.660. The number of hydrogen-bond donors (Lipinski definition) is 0. The molecule has 0 saturated carbocycles. The fourth-order valence-electron chi connectivity index (χ4n) is 3.01. The summed E-state index contributed by atoms with van der Waals surface area (Å²) < 4.78 is 10.4. The van der Waals surface area contributed by atoms with Crippen molar-refractivity contribution in [3.05, 3.63) is 23.8 Å². The molecule has 1 amide bonds. The molecule has 0 unspecified atom stereocenters. The van der Waals surface area contributed by atoms with E-state index in [1.54, 1.807) is 31.3 Å². The average molecular weight is 344 g/mol. The van der Waals surface area contributed by atoms with Crippen molar-refractivity contribution in [1.29, 1.82) is 5.26 Å². The molecule has 1 atom stereocenters. The molecule has 0 spiro atoms. The number of carbonyl (C=O) groups is 2. The lowest BCUT2D eigenvalue weighted by Gasteiger charge is -2.28. The van der Waals surface area contributed by atoms with Gasteiger partial charge in [0.2, 0.25) is 5.91 Å². The van der Waals surface area contributed by atoms with E-state index >= 15 is 0 Å². The summed E-state index contributed by atoms with van der Waals surface area (Å²) in [6.45, 7) is 1.28. The number of ketones is 1. The normalized spacial score (nSPS) is 15.2. The van der Waals surface area contributed by atoms with E-state index in [0.29, 0.717) is 31.0 Å². The number of methoxy groups -OCH3 is 2. The first-order chi connectivity index (χ1) is 12.1. The van der Waals surface area contributed by atoms with Gasteiger partial charge in [0, 0.05) is 19.5 Å². The molecule has 1 saturated heterocycles. The molecule has 0 aliphatic carbocycles. The zero-order valence-electron chi connectivity index (χ0n) is 14.8. The summed E-state index contributed by atoms with van der Waals surface area (Å²) in [4.78, 5) is 26.4. The molecule has 2 rings (SSSR count). The maximum absolute atomic E-state index is 12.4. The standard InChI is InChI=1S/C19H24N2O4/c1-24-17-9-7-14(12-18(17)25-2)6-8-16(22)15(13-20)19(23)21-10-4-3-5-11-21/h7,9,12,15H,3-6,8,10-11H2,1-2H3/t15-/m1/s1. The van der Waals surface area contributed by atoms with E-state index in [2.05, 4.69) is 0 Å². The van der Waals surface area contributed by atoms with Crippen LogP contribution in [-0.2, 0) is 16.0 Å². The van der Waals surface area contributed by atoms with E-state index in [1.165, 1.54) is 0 Å². The average Bonchev–Trinajstić information content (AvgIpc) is 2.67. The van der Waals surface area contributed by atoms with Crippen molar-refractivity contribution in [2.75, 3.05) is 27.3 Å². The number of ether oxygens (including phenoxy) is 2. The highest BCUT2D eigenvalue weighted by atomic mass is 16.5. The first kappa shape index (κ1) is 18.8. The highest BCUT2D eigenvalue weighted by Crippen LogP contribution is 2.28. The van der Waals surface area contributed by atoms with Gasteiger partial charge in [-0.25, -0.2) is 0 Å². The second-order valence-electron chi connectivity index (χ2n) is 6.10. The monoisotopic (exact) mass is 344 g/mol. The largest absolute Gasteiger partial charge is 0.493 e. The van der Waals surface area contributed by atoms with Gasteiger partial charge in [-0.15, -0.1) is 0 Å². The minimum absolute atomic E-state index is 0.146. The van der Waals surface area contributed by atoms with Crippen LogP contribution in [0, 0.1) is 17.2 Å². The quantitative estimate of drug-likeness (QED) is 0.710. The highest BCUT2D eigenvalue weighted by Gasteiger charge is 2.30. The summed E-state index contributed by atoms with van der Waals surface area (Å²) in [6, 6.07) is 7.32. The summed E-state index contributed by atoms with van der Waals surface area (Å²) in [6.07, 6.45) is 3.56. The lowest BCUT2D eigenvalue weighted by atomic mass is 9.96. The van der Waals surface area contributed by atoms with E-state index in [4.69, 9.17) is 9.47 Å². The van der Waals surface area contributed by atoms with Crippen LogP contribution in [0.5, 0.6) is 11.5 Å². The second kappa shape index (κ2) is 9.07. The molecule has 0 aromatic heterocycles. The van der Waals surface area contributed by atoms with Gasteiger partial charge in [-0.1, -0.05) is 6.07 Å². The Labute approximate surface area is 148 Å². The molecule has 1 aromatic rings. The number of nitrogens with zero attached hydrogens (tertiary/aromatic N) is 2. The predicted molar refractivity (Wildman–Crippen MR) is 92.4 cm³/mol. The van der Waals surface area contributed by atoms with Crippen LogP contribution in [0.4, 0.5) is 0 Å². The molecule has 1 aromatic carbocycles. The predicted octanol–water partition coefficient (Wildman–Crippen LogP) is 2.36. The van der Waals surface area contributed by atoms with Gasteiger partial charge in [0.25, 0.3) is 0 Å². The van der Waals surface area contributed by atoms with Crippen LogP contribution >= 0.6 is 0 Å². The van der Waals surface area contributed by atoms with Crippen LogP contribution in [0.25, 0.3) is 0 Å². The Bertz CT molecular complexity index is 660. The van der Waals surface area contributed by atoms with Gasteiger partial charge < -0.3 is 14.4 Å². The summed E-state index contributed by atoms with van der Waals surface area (Å²) >= 11 is 0. The van der Waals surface area contributed by atoms with Gasteiger partial charge in [0.05, 0.1) is 20.3 Å². The van der Waals surface area contributed by atoms with Crippen LogP contribution in [0.1, 0.15) is 31.2 Å². The van der Waals surface area contributed by atoms with Gasteiger partial charge in [-0.2, -0.15) is 5.26 Å². The van der Waals surface area contributed by atoms with E-state index in [0.717, 1.165) is 24.8 Å². The molecule has 25 heavy (non-hydrogen) atoms. The summed E-state index contributed by atoms with van der Waals surface area (Å²) in [5.41, 5.74) is 0.896. The molecule has 0 radical (unpaired) electrons. The van der Waals surface area contributed by atoms with Gasteiger partial charge in [0.15, 0.2) is 23.2 Å². The number of likely N-dealkylation sites (tertiary alicyclic amines) is 1. The molecule has 1 aliphatic rings. The van der Waals surface area contributed by atoms with Crippen molar-refractivity contribution >= 4 is 11.7 Å². The molecule has 0 N–H and O–H groups in total. The number of carbonyl (C=O) groups excluding carboxylic acids is 2. The van der Waals surface area contributed by atoms with Crippen molar-refractivity contribution in [2.45, 2.75) is 32.1 Å². The van der Waals surface area contributed by atoms with Gasteiger partial charge in [-0.3, -0.25) is 9.59 Å². The molecule has 6 heteroatoms.